The second-order valence-electron chi connectivity index (χ2n) is 6.45. The molecule has 0 saturated carbocycles. The summed E-state index contributed by atoms with van der Waals surface area (Å²) < 4.78 is 11.3. The van der Waals surface area contributed by atoms with Crippen LogP contribution < -0.4 is 20.5 Å². The predicted molar refractivity (Wildman–Crippen MR) is 105 cm³/mol. The molecule has 3 unspecified atom stereocenters. The first kappa shape index (κ1) is 23.5. The lowest BCUT2D eigenvalue weighted by Gasteiger charge is -2.26. The molecule has 144 valence electrons. The zero-order valence-electron chi connectivity index (χ0n) is 16.2. The van der Waals surface area contributed by atoms with Crippen LogP contribution in [0.15, 0.2) is 18.2 Å². The Morgan fingerprint density at radius 1 is 1.08 bits per heavy atom. The first-order chi connectivity index (χ1) is 11.3. The normalized spacial score (nSPS) is 14.2. The highest BCUT2D eigenvalue weighted by Gasteiger charge is 2.24. The second-order valence-corrected chi connectivity index (χ2v) is 6.45. The molecule has 0 spiro atoms. The molecular weight excluding hydrogens is 340 g/mol. The van der Waals surface area contributed by atoms with Gasteiger partial charge in [0.1, 0.15) is 0 Å². The van der Waals surface area contributed by atoms with Crippen LogP contribution in [0.3, 0.4) is 0 Å². The Morgan fingerprint density at radius 2 is 1.64 bits per heavy atom. The molecule has 1 amide bonds. The molecular formula is C19H33ClN2O3. The number of halogens is 1. The topological polar surface area (TPSA) is 73.6 Å². The molecule has 0 bridgehead atoms. The molecule has 1 aromatic rings. The largest absolute Gasteiger partial charge is 0.490 e. The molecule has 0 aliphatic rings. The fourth-order valence-corrected chi connectivity index (χ4v) is 2.42. The summed E-state index contributed by atoms with van der Waals surface area (Å²) in [6.07, 6.45) is 0. The van der Waals surface area contributed by atoms with Gasteiger partial charge in [0.05, 0.1) is 19.3 Å². The highest BCUT2D eigenvalue weighted by molar-refractivity contribution is 5.85. The first-order valence-electron chi connectivity index (χ1n) is 8.77. The second kappa shape index (κ2) is 11.2. The van der Waals surface area contributed by atoms with Crippen LogP contribution in [-0.4, -0.2) is 25.2 Å². The molecule has 1 rings (SSSR count). The summed E-state index contributed by atoms with van der Waals surface area (Å²) in [5.41, 5.74) is 6.85. The van der Waals surface area contributed by atoms with Crippen molar-refractivity contribution in [2.45, 2.75) is 53.6 Å². The zero-order valence-corrected chi connectivity index (χ0v) is 17.0. The molecule has 0 fully saturated rings. The van der Waals surface area contributed by atoms with E-state index in [1.807, 2.05) is 45.9 Å². The number of carbonyl (C=O) groups is 1. The molecule has 3 N–H and O–H groups in total. The van der Waals surface area contributed by atoms with Crippen molar-refractivity contribution in [1.29, 1.82) is 0 Å². The Kier molecular flexibility index (Phi) is 10.6. The lowest BCUT2D eigenvalue weighted by molar-refractivity contribution is -0.126. The quantitative estimate of drug-likeness (QED) is 0.693. The number of hydrogen-bond acceptors (Lipinski definition) is 4. The Hall–Kier alpha value is -1.46. The highest BCUT2D eigenvalue weighted by Crippen LogP contribution is 2.33. The minimum Gasteiger partial charge on any atom is -0.490 e. The number of nitrogens with two attached hydrogens (primary N) is 1. The number of rotatable bonds is 9. The molecule has 1 aromatic carbocycles. The number of benzene rings is 1. The molecule has 0 aliphatic heterocycles. The van der Waals surface area contributed by atoms with Crippen molar-refractivity contribution in [2.75, 3.05) is 13.2 Å². The fraction of sp³-hybridized carbons (Fsp3) is 0.632. The van der Waals surface area contributed by atoms with Crippen molar-refractivity contribution in [1.82, 2.24) is 5.32 Å². The van der Waals surface area contributed by atoms with E-state index in [1.165, 1.54) is 0 Å². The molecule has 5 nitrogen and oxygen atoms in total. The summed E-state index contributed by atoms with van der Waals surface area (Å²) in [5, 5.41) is 3.12. The van der Waals surface area contributed by atoms with E-state index in [4.69, 9.17) is 15.2 Å². The van der Waals surface area contributed by atoms with Crippen LogP contribution >= 0.6 is 12.4 Å². The summed E-state index contributed by atoms with van der Waals surface area (Å²) in [4.78, 5) is 12.4. The maximum Gasteiger partial charge on any atom is 0.224 e. The Morgan fingerprint density at radius 3 is 2.12 bits per heavy atom. The summed E-state index contributed by atoms with van der Waals surface area (Å²) in [6, 6.07) is 5.55. The van der Waals surface area contributed by atoms with Gasteiger partial charge >= 0.3 is 0 Å². The van der Waals surface area contributed by atoms with E-state index in [0.29, 0.717) is 19.0 Å². The van der Waals surface area contributed by atoms with Crippen LogP contribution in [0, 0.1) is 11.8 Å². The van der Waals surface area contributed by atoms with Crippen LogP contribution in [0.5, 0.6) is 11.5 Å². The van der Waals surface area contributed by atoms with Gasteiger partial charge in [0.2, 0.25) is 5.91 Å². The Labute approximate surface area is 158 Å². The van der Waals surface area contributed by atoms with Crippen molar-refractivity contribution >= 4 is 18.3 Å². The van der Waals surface area contributed by atoms with Gasteiger partial charge in [-0.25, -0.2) is 0 Å². The molecule has 25 heavy (non-hydrogen) atoms. The van der Waals surface area contributed by atoms with Gasteiger partial charge in [-0.1, -0.05) is 26.8 Å². The zero-order chi connectivity index (χ0) is 18.3. The summed E-state index contributed by atoms with van der Waals surface area (Å²) >= 11 is 0. The van der Waals surface area contributed by atoms with Crippen LogP contribution in [0.25, 0.3) is 0 Å². The van der Waals surface area contributed by atoms with Crippen molar-refractivity contribution in [2.24, 2.45) is 17.6 Å². The van der Waals surface area contributed by atoms with Gasteiger partial charge in [-0.05, 0) is 44.4 Å². The molecule has 0 radical (unpaired) electrons. The van der Waals surface area contributed by atoms with Crippen molar-refractivity contribution in [3.63, 3.8) is 0 Å². The Bertz CT molecular complexity index is 535. The molecule has 0 aliphatic carbocycles. The standard InChI is InChI=1S/C19H32N2O3.ClH/c1-7-23-16-10-9-15(11-17(16)24-8-2)18(12(3)4)21-19(22)13(5)14(6)20;/h9-14,18H,7-8,20H2,1-6H3,(H,21,22);1H. The monoisotopic (exact) mass is 372 g/mol. The third-order valence-electron chi connectivity index (χ3n) is 4.09. The fourth-order valence-electron chi connectivity index (χ4n) is 2.42. The van der Waals surface area contributed by atoms with Crippen LogP contribution in [0.4, 0.5) is 0 Å². The average molecular weight is 373 g/mol. The van der Waals surface area contributed by atoms with Gasteiger partial charge in [-0.15, -0.1) is 12.4 Å². The van der Waals surface area contributed by atoms with E-state index in [-0.39, 0.29) is 42.2 Å². The molecule has 3 atom stereocenters. The molecule has 6 heteroatoms. The van der Waals surface area contributed by atoms with E-state index in [1.54, 1.807) is 0 Å². The van der Waals surface area contributed by atoms with E-state index in [2.05, 4.69) is 19.2 Å². The van der Waals surface area contributed by atoms with Gasteiger partial charge in [0, 0.05) is 12.0 Å². The SMILES string of the molecule is CCOc1ccc(C(NC(=O)C(C)C(C)N)C(C)C)cc1OCC.Cl. The van der Waals surface area contributed by atoms with E-state index in [9.17, 15) is 4.79 Å². The number of carbonyl (C=O) groups excluding carboxylic acids is 1. The van der Waals surface area contributed by atoms with Gasteiger partial charge in [0.15, 0.2) is 11.5 Å². The lowest BCUT2D eigenvalue weighted by Crippen LogP contribution is -2.41. The Balaban J connectivity index is 0.00000576. The lowest BCUT2D eigenvalue weighted by atomic mass is 9.94. The number of hydrogen-bond donors (Lipinski definition) is 2. The summed E-state index contributed by atoms with van der Waals surface area (Å²) in [6.45, 7) is 12.9. The van der Waals surface area contributed by atoms with Gasteiger partial charge in [-0.3, -0.25) is 4.79 Å². The third-order valence-corrected chi connectivity index (χ3v) is 4.09. The summed E-state index contributed by atoms with van der Waals surface area (Å²) in [5.74, 6) is 1.40. The minimum absolute atomic E-state index is 0. The van der Waals surface area contributed by atoms with Crippen molar-refractivity contribution in [3.05, 3.63) is 23.8 Å². The third kappa shape index (κ3) is 6.75. The van der Waals surface area contributed by atoms with E-state index in [0.717, 1.165) is 11.3 Å². The number of amides is 1. The predicted octanol–water partition coefficient (Wildman–Crippen LogP) is 3.70. The van der Waals surface area contributed by atoms with Gasteiger partial charge < -0.3 is 20.5 Å². The molecule has 0 saturated heterocycles. The average Bonchev–Trinajstić information content (AvgIpc) is 2.53. The van der Waals surface area contributed by atoms with Crippen molar-refractivity contribution < 1.29 is 14.3 Å². The van der Waals surface area contributed by atoms with Crippen LogP contribution in [0.1, 0.15) is 53.1 Å². The first-order valence-corrected chi connectivity index (χ1v) is 8.77. The molecule has 0 heterocycles. The van der Waals surface area contributed by atoms with E-state index < -0.39 is 0 Å². The highest BCUT2D eigenvalue weighted by atomic mass is 35.5. The maximum atomic E-state index is 12.4. The van der Waals surface area contributed by atoms with E-state index >= 15 is 0 Å². The number of nitrogens with one attached hydrogen (secondary N) is 1. The van der Waals surface area contributed by atoms with Crippen LogP contribution in [0.2, 0.25) is 0 Å². The minimum atomic E-state index is -0.236. The van der Waals surface area contributed by atoms with Crippen molar-refractivity contribution in [3.8, 4) is 11.5 Å². The maximum absolute atomic E-state index is 12.4. The van der Waals surface area contributed by atoms with Gasteiger partial charge in [0.25, 0.3) is 0 Å². The van der Waals surface area contributed by atoms with Crippen LogP contribution in [-0.2, 0) is 4.79 Å². The number of ether oxygens (including phenoxy) is 2. The summed E-state index contributed by atoms with van der Waals surface area (Å²) in [7, 11) is 0. The smallest absolute Gasteiger partial charge is 0.224 e. The molecule has 0 aromatic heterocycles. The van der Waals surface area contributed by atoms with Gasteiger partial charge in [-0.2, -0.15) is 0 Å².